The van der Waals surface area contributed by atoms with Gasteiger partial charge in [0.1, 0.15) is 0 Å². The monoisotopic (exact) mass is 585 g/mol. The lowest BCUT2D eigenvalue weighted by molar-refractivity contribution is -0.138. The highest BCUT2D eigenvalue weighted by Crippen LogP contribution is 2.46. The normalized spacial score (nSPS) is 19.1. The van der Waals surface area contributed by atoms with Crippen molar-refractivity contribution in [1.29, 1.82) is 0 Å². The number of rotatable bonds is 7. The van der Waals surface area contributed by atoms with Crippen molar-refractivity contribution in [1.82, 2.24) is 5.32 Å². The summed E-state index contributed by atoms with van der Waals surface area (Å²) in [6.45, 7) is 2.84. The van der Waals surface area contributed by atoms with E-state index in [0.717, 1.165) is 24.3 Å². The van der Waals surface area contributed by atoms with E-state index in [-0.39, 0.29) is 12.5 Å². The second-order valence-corrected chi connectivity index (χ2v) is 14.4. The molecule has 0 heterocycles. The number of halogens is 6. The molecule has 38 heavy (non-hydrogen) atoms. The molecule has 1 N–H and O–H groups in total. The van der Waals surface area contributed by atoms with Crippen LogP contribution in [-0.2, 0) is 32.0 Å². The molecule has 0 spiro atoms. The third-order valence-corrected chi connectivity index (χ3v) is 10.6. The number of alkyl halides is 6. The average Bonchev–Trinajstić information content (AvgIpc) is 2.75. The van der Waals surface area contributed by atoms with Gasteiger partial charge < -0.3 is 5.32 Å². The van der Waals surface area contributed by atoms with Crippen LogP contribution in [0.25, 0.3) is 0 Å². The van der Waals surface area contributed by atoms with Crippen LogP contribution in [0.3, 0.4) is 0 Å². The van der Waals surface area contributed by atoms with Gasteiger partial charge in [-0.25, -0.2) is 16.8 Å². The van der Waals surface area contributed by atoms with Gasteiger partial charge in [0.2, 0.25) is 0 Å². The molecule has 1 aliphatic rings. The summed E-state index contributed by atoms with van der Waals surface area (Å²) in [6.07, 6.45) is -8.23. The number of sulfone groups is 2. The predicted octanol–water partition coefficient (Wildman–Crippen LogP) is 5.14. The maximum Gasteiger partial charge on any atom is 0.416 e. The molecule has 0 saturated heterocycles. The fourth-order valence-corrected chi connectivity index (χ4v) is 7.04. The minimum atomic E-state index is -4.81. The molecule has 1 amide bonds. The van der Waals surface area contributed by atoms with Crippen LogP contribution in [0, 0.1) is 11.8 Å². The van der Waals surface area contributed by atoms with Crippen LogP contribution >= 0.6 is 0 Å². The van der Waals surface area contributed by atoms with E-state index in [2.05, 4.69) is 5.32 Å². The Morgan fingerprint density at radius 1 is 0.895 bits per heavy atom. The number of amides is 1. The van der Waals surface area contributed by atoms with Crippen LogP contribution in [0.5, 0.6) is 0 Å². The number of hydrogen-bond acceptors (Lipinski definition) is 5. The third kappa shape index (κ3) is 6.00. The highest BCUT2D eigenvalue weighted by atomic mass is 32.2. The molecule has 0 bridgehead atoms. The zero-order valence-corrected chi connectivity index (χ0v) is 22.1. The molecule has 1 fully saturated rings. The van der Waals surface area contributed by atoms with E-state index < -0.39 is 75.1 Å². The minimum Gasteiger partial charge on any atom is -0.352 e. The molecule has 2 aromatic rings. The summed E-state index contributed by atoms with van der Waals surface area (Å²) in [4.78, 5) is 11.4. The summed E-state index contributed by atoms with van der Waals surface area (Å²) in [5.41, 5.74) is -2.76. The van der Waals surface area contributed by atoms with Gasteiger partial charge >= 0.3 is 12.4 Å². The van der Waals surface area contributed by atoms with Crippen molar-refractivity contribution in [3.05, 3.63) is 59.2 Å². The Labute approximate surface area is 216 Å². The van der Waals surface area contributed by atoms with Crippen LogP contribution in [0.15, 0.2) is 52.3 Å². The zero-order valence-electron chi connectivity index (χ0n) is 20.4. The van der Waals surface area contributed by atoms with Gasteiger partial charge in [0, 0.05) is 12.8 Å². The number of hydrogen-bond donors (Lipinski definition) is 1. The lowest BCUT2D eigenvalue weighted by Gasteiger charge is -2.45. The first-order chi connectivity index (χ1) is 17.2. The molecule has 2 aromatic carbocycles. The Kier molecular flexibility index (Phi) is 7.76. The topological polar surface area (TPSA) is 97.4 Å². The van der Waals surface area contributed by atoms with Crippen molar-refractivity contribution in [2.24, 2.45) is 11.8 Å². The van der Waals surface area contributed by atoms with E-state index in [1.165, 1.54) is 13.8 Å². The van der Waals surface area contributed by atoms with E-state index in [0.29, 0.717) is 37.3 Å². The molecule has 0 atom stereocenters. The lowest BCUT2D eigenvalue weighted by atomic mass is 9.69. The average molecular weight is 586 g/mol. The molecule has 0 unspecified atom stereocenters. The zero-order chi connectivity index (χ0) is 28.9. The van der Waals surface area contributed by atoms with Crippen LogP contribution in [0.2, 0.25) is 0 Å². The highest BCUT2D eigenvalue weighted by molar-refractivity contribution is 7.92. The fourth-order valence-electron chi connectivity index (χ4n) is 4.36. The van der Waals surface area contributed by atoms with Gasteiger partial charge in [-0.15, -0.1) is 0 Å². The molecule has 0 radical (unpaired) electrons. The summed E-state index contributed by atoms with van der Waals surface area (Å²) in [5, 5.41) is 2.48. The SMILES string of the molecule is CC(C)(C1CC(CNC(=O)c2ccc(C(F)(F)F)cc2S(C)(=O)=O)C1)S(=O)(=O)c1cccc(C(F)(F)F)c1. The number of carbonyl (C=O) groups is 1. The first-order valence-corrected chi connectivity index (χ1v) is 14.6. The lowest BCUT2D eigenvalue weighted by Crippen LogP contribution is -2.48. The summed E-state index contributed by atoms with van der Waals surface area (Å²) < 4.78 is 127. The largest absolute Gasteiger partial charge is 0.416 e. The summed E-state index contributed by atoms with van der Waals surface area (Å²) >= 11 is 0. The van der Waals surface area contributed by atoms with Gasteiger partial charge in [0.25, 0.3) is 5.91 Å². The van der Waals surface area contributed by atoms with E-state index in [1.54, 1.807) is 0 Å². The second kappa shape index (κ2) is 9.85. The molecule has 1 saturated carbocycles. The van der Waals surface area contributed by atoms with Crippen LogP contribution in [0.4, 0.5) is 26.3 Å². The maximum absolute atomic E-state index is 13.2. The van der Waals surface area contributed by atoms with Gasteiger partial charge in [0.15, 0.2) is 19.7 Å². The molecule has 14 heteroatoms. The molecule has 210 valence electrons. The van der Waals surface area contributed by atoms with E-state index in [4.69, 9.17) is 0 Å². The first kappa shape index (κ1) is 29.9. The second-order valence-electron chi connectivity index (χ2n) is 9.86. The number of nitrogens with one attached hydrogen (secondary N) is 1. The quantitative estimate of drug-likeness (QED) is 0.454. The van der Waals surface area contributed by atoms with E-state index in [1.807, 2.05) is 0 Å². The van der Waals surface area contributed by atoms with Crippen molar-refractivity contribution in [3.8, 4) is 0 Å². The molecular formula is C24H25F6NO5S2. The van der Waals surface area contributed by atoms with Gasteiger partial charge in [0.05, 0.1) is 31.2 Å². The molecule has 3 rings (SSSR count). The highest BCUT2D eigenvalue weighted by Gasteiger charge is 2.48. The Morgan fingerprint density at radius 2 is 1.45 bits per heavy atom. The number of benzene rings is 2. The van der Waals surface area contributed by atoms with Crippen molar-refractivity contribution in [2.45, 2.75) is 53.6 Å². The predicted molar refractivity (Wildman–Crippen MR) is 126 cm³/mol. The van der Waals surface area contributed by atoms with Gasteiger partial charge in [-0.05, 0) is 74.9 Å². The van der Waals surface area contributed by atoms with E-state index in [9.17, 15) is 48.0 Å². The van der Waals surface area contributed by atoms with Crippen molar-refractivity contribution >= 4 is 25.6 Å². The third-order valence-electron chi connectivity index (χ3n) is 6.89. The number of carbonyl (C=O) groups excluding carboxylic acids is 1. The molecule has 0 aromatic heterocycles. The van der Waals surface area contributed by atoms with Crippen molar-refractivity contribution in [2.75, 3.05) is 12.8 Å². The summed E-state index contributed by atoms with van der Waals surface area (Å²) in [6, 6.07) is 5.28. The van der Waals surface area contributed by atoms with Crippen LogP contribution in [0.1, 0.15) is 48.2 Å². The Hall–Kier alpha value is -2.61. The first-order valence-electron chi connectivity index (χ1n) is 11.3. The Morgan fingerprint density at radius 3 is 1.97 bits per heavy atom. The molecule has 1 aliphatic carbocycles. The van der Waals surface area contributed by atoms with Gasteiger partial charge in [-0.1, -0.05) is 6.07 Å². The van der Waals surface area contributed by atoms with Crippen molar-refractivity contribution < 1.29 is 48.0 Å². The van der Waals surface area contributed by atoms with Crippen molar-refractivity contribution in [3.63, 3.8) is 0 Å². The fraction of sp³-hybridized carbons (Fsp3) is 0.458. The van der Waals surface area contributed by atoms with Crippen LogP contribution in [-0.4, -0.2) is 40.3 Å². The molecule has 0 aliphatic heterocycles. The van der Waals surface area contributed by atoms with Gasteiger partial charge in [-0.2, -0.15) is 26.3 Å². The van der Waals surface area contributed by atoms with Crippen LogP contribution < -0.4 is 5.32 Å². The molecular weight excluding hydrogens is 560 g/mol. The van der Waals surface area contributed by atoms with Gasteiger partial charge in [-0.3, -0.25) is 4.79 Å². The Bertz CT molecular complexity index is 1440. The van der Waals surface area contributed by atoms with E-state index >= 15 is 0 Å². The molecule has 6 nitrogen and oxygen atoms in total. The standard InChI is InChI=1S/C24H25F6NO5S2/c1-22(2,38(35,36)18-6-4-5-15(11-18)23(25,26)27)17-9-14(10-17)13-31-21(32)19-8-7-16(24(28,29)30)12-20(19)37(3,33)34/h4-8,11-12,14,17H,9-10,13H2,1-3H3,(H,31,32). The maximum atomic E-state index is 13.2. The summed E-state index contributed by atoms with van der Waals surface area (Å²) in [7, 11) is -8.34. The minimum absolute atomic E-state index is 0.000750. The Balaban J connectivity index is 1.69. The summed E-state index contributed by atoms with van der Waals surface area (Å²) in [5.74, 6) is -1.57. The smallest absolute Gasteiger partial charge is 0.352 e.